The molecule has 0 bridgehead atoms. The standard InChI is InChI=1S/C15H26N4O/c1-10(2)13(19-7-5-6-8-19)9-16-15(20)14-11(3)17-18-12(14)4/h10,13H,5-9H2,1-4H3,(H,16,20)(H,17,18). The molecular weight excluding hydrogens is 252 g/mol. The van der Waals surface area contributed by atoms with Crippen LogP contribution in [0.3, 0.4) is 0 Å². The van der Waals surface area contributed by atoms with Crippen molar-refractivity contribution in [1.29, 1.82) is 0 Å². The van der Waals surface area contributed by atoms with E-state index in [0.717, 1.165) is 24.5 Å². The van der Waals surface area contributed by atoms with Crippen molar-refractivity contribution < 1.29 is 4.79 Å². The van der Waals surface area contributed by atoms with Gasteiger partial charge in [0.05, 0.1) is 11.3 Å². The topological polar surface area (TPSA) is 61.0 Å². The second-order valence-electron chi connectivity index (χ2n) is 6.07. The molecule has 1 aromatic rings. The predicted octanol–water partition coefficient (Wildman–Crippen LogP) is 1.88. The Morgan fingerprint density at radius 3 is 2.50 bits per heavy atom. The normalized spacial score (nSPS) is 17.6. The SMILES string of the molecule is Cc1n[nH]c(C)c1C(=O)NCC(C(C)C)N1CCCC1. The first kappa shape index (κ1) is 15.0. The lowest BCUT2D eigenvalue weighted by Gasteiger charge is -2.31. The van der Waals surface area contributed by atoms with Gasteiger partial charge >= 0.3 is 0 Å². The summed E-state index contributed by atoms with van der Waals surface area (Å²) in [7, 11) is 0. The zero-order chi connectivity index (χ0) is 14.7. The summed E-state index contributed by atoms with van der Waals surface area (Å²) in [5.41, 5.74) is 2.29. The molecule has 1 aromatic heterocycles. The number of carbonyl (C=O) groups excluding carboxylic acids is 1. The number of amides is 1. The molecule has 1 aliphatic rings. The van der Waals surface area contributed by atoms with E-state index >= 15 is 0 Å². The summed E-state index contributed by atoms with van der Waals surface area (Å²) < 4.78 is 0. The predicted molar refractivity (Wildman–Crippen MR) is 79.8 cm³/mol. The first-order valence-electron chi connectivity index (χ1n) is 7.54. The van der Waals surface area contributed by atoms with Crippen LogP contribution in [-0.4, -0.2) is 46.7 Å². The fourth-order valence-corrected chi connectivity index (χ4v) is 3.03. The minimum Gasteiger partial charge on any atom is -0.350 e. The molecule has 1 amide bonds. The van der Waals surface area contributed by atoms with Crippen LogP contribution in [0.4, 0.5) is 0 Å². The molecule has 5 heteroatoms. The highest BCUT2D eigenvalue weighted by molar-refractivity contribution is 5.96. The molecule has 0 aliphatic carbocycles. The molecule has 2 N–H and O–H groups in total. The number of hydrogen-bond donors (Lipinski definition) is 2. The van der Waals surface area contributed by atoms with Crippen LogP contribution in [0.2, 0.25) is 0 Å². The third-order valence-corrected chi connectivity index (χ3v) is 4.21. The minimum absolute atomic E-state index is 0.0152. The molecule has 112 valence electrons. The number of aromatic amines is 1. The molecule has 5 nitrogen and oxygen atoms in total. The van der Waals surface area contributed by atoms with Gasteiger partial charge in [-0.15, -0.1) is 0 Å². The van der Waals surface area contributed by atoms with E-state index in [9.17, 15) is 4.79 Å². The van der Waals surface area contributed by atoms with E-state index in [0.29, 0.717) is 24.1 Å². The van der Waals surface area contributed by atoms with Crippen molar-refractivity contribution in [1.82, 2.24) is 20.4 Å². The van der Waals surface area contributed by atoms with E-state index in [4.69, 9.17) is 0 Å². The Morgan fingerprint density at radius 2 is 2.00 bits per heavy atom. The second-order valence-corrected chi connectivity index (χ2v) is 6.07. The van der Waals surface area contributed by atoms with Crippen LogP contribution in [0.5, 0.6) is 0 Å². The zero-order valence-electron chi connectivity index (χ0n) is 13.0. The van der Waals surface area contributed by atoms with Gasteiger partial charge in [-0.05, 0) is 45.7 Å². The van der Waals surface area contributed by atoms with E-state index < -0.39 is 0 Å². The molecule has 0 aromatic carbocycles. The number of likely N-dealkylation sites (tertiary alicyclic amines) is 1. The average molecular weight is 278 g/mol. The summed E-state index contributed by atoms with van der Waals surface area (Å²) in [5, 5.41) is 10.0. The van der Waals surface area contributed by atoms with Gasteiger partial charge in [0.25, 0.3) is 5.91 Å². The summed E-state index contributed by atoms with van der Waals surface area (Å²) in [4.78, 5) is 14.8. The third-order valence-electron chi connectivity index (χ3n) is 4.21. The average Bonchev–Trinajstić information content (AvgIpc) is 3.00. The monoisotopic (exact) mass is 278 g/mol. The summed E-state index contributed by atoms with van der Waals surface area (Å²) >= 11 is 0. The maximum atomic E-state index is 12.3. The van der Waals surface area contributed by atoms with Crippen molar-refractivity contribution in [3.05, 3.63) is 17.0 Å². The molecule has 1 saturated heterocycles. The van der Waals surface area contributed by atoms with Crippen LogP contribution < -0.4 is 5.32 Å². The van der Waals surface area contributed by atoms with Gasteiger partial charge in [-0.3, -0.25) is 14.8 Å². The highest BCUT2D eigenvalue weighted by Gasteiger charge is 2.25. The van der Waals surface area contributed by atoms with Crippen LogP contribution in [0.15, 0.2) is 0 Å². The van der Waals surface area contributed by atoms with Gasteiger partial charge in [0.1, 0.15) is 0 Å². The molecule has 20 heavy (non-hydrogen) atoms. The van der Waals surface area contributed by atoms with E-state index in [2.05, 4.69) is 34.3 Å². The molecular formula is C15H26N4O. The Morgan fingerprint density at radius 1 is 1.35 bits per heavy atom. The van der Waals surface area contributed by atoms with Gasteiger partial charge < -0.3 is 5.32 Å². The fourth-order valence-electron chi connectivity index (χ4n) is 3.03. The van der Waals surface area contributed by atoms with Gasteiger partial charge in [0, 0.05) is 18.3 Å². The molecule has 1 fully saturated rings. The Kier molecular flexibility index (Phi) is 4.81. The van der Waals surface area contributed by atoms with Crippen molar-refractivity contribution in [2.45, 2.75) is 46.6 Å². The first-order chi connectivity index (χ1) is 9.50. The Bertz CT molecular complexity index is 441. The maximum Gasteiger partial charge on any atom is 0.255 e. The number of hydrogen-bond acceptors (Lipinski definition) is 3. The number of nitrogens with one attached hydrogen (secondary N) is 2. The number of H-pyrrole nitrogens is 1. The van der Waals surface area contributed by atoms with E-state index in [1.165, 1.54) is 12.8 Å². The zero-order valence-corrected chi connectivity index (χ0v) is 13.0. The number of aromatic nitrogens is 2. The molecule has 2 heterocycles. The summed E-state index contributed by atoms with van der Waals surface area (Å²) in [5.74, 6) is 0.526. The third kappa shape index (κ3) is 3.20. The number of rotatable bonds is 5. The highest BCUT2D eigenvalue weighted by Crippen LogP contribution is 2.17. The summed E-state index contributed by atoms with van der Waals surface area (Å²) in [6.45, 7) is 11.2. The van der Waals surface area contributed by atoms with E-state index in [1.54, 1.807) is 0 Å². The first-order valence-corrected chi connectivity index (χ1v) is 7.54. The van der Waals surface area contributed by atoms with Gasteiger partial charge in [-0.25, -0.2) is 0 Å². The lowest BCUT2D eigenvalue weighted by molar-refractivity contribution is 0.0926. The van der Waals surface area contributed by atoms with Crippen LogP contribution in [0.1, 0.15) is 48.4 Å². The van der Waals surface area contributed by atoms with Crippen molar-refractivity contribution in [2.75, 3.05) is 19.6 Å². The molecule has 0 radical (unpaired) electrons. The number of carbonyl (C=O) groups is 1. The number of aryl methyl sites for hydroxylation is 2. The Balaban J connectivity index is 1.97. The maximum absolute atomic E-state index is 12.3. The summed E-state index contributed by atoms with van der Waals surface area (Å²) in [6, 6.07) is 0.425. The van der Waals surface area contributed by atoms with Crippen LogP contribution in [0, 0.1) is 19.8 Å². The molecule has 0 spiro atoms. The van der Waals surface area contributed by atoms with Gasteiger partial charge in [0.15, 0.2) is 0 Å². The Hall–Kier alpha value is -1.36. The molecule has 2 rings (SSSR count). The van der Waals surface area contributed by atoms with Crippen molar-refractivity contribution in [2.24, 2.45) is 5.92 Å². The van der Waals surface area contributed by atoms with E-state index in [1.807, 2.05) is 13.8 Å². The Labute approximate surface area is 121 Å². The molecule has 1 atom stereocenters. The van der Waals surface area contributed by atoms with Crippen LogP contribution in [-0.2, 0) is 0 Å². The van der Waals surface area contributed by atoms with Gasteiger partial charge in [0.2, 0.25) is 0 Å². The summed E-state index contributed by atoms with van der Waals surface area (Å²) in [6.07, 6.45) is 2.55. The number of nitrogens with zero attached hydrogens (tertiary/aromatic N) is 2. The fraction of sp³-hybridized carbons (Fsp3) is 0.733. The van der Waals surface area contributed by atoms with Gasteiger partial charge in [-0.2, -0.15) is 5.10 Å². The van der Waals surface area contributed by atoms with E-state index in [-0.39, 0.29) is 5.91 Å². The molecule has 0 saturated carbocycles. The quantitative estimate of drug-likeness (QED) is 0.864. The smallest absolute Gasteiger partial charge is 0.255 e. The van der Waals surface area contributed by atoms with Crippen molar-refractivity contribution in [3.8, 4) is 0 Å². The molecule has 1 unspecified atom stereocenters. The highest BCUT2D eigenvalue weighted by atomic mass is 16.1. The lowest BCUT2D eigenvalue weighted by atomic mass is 10.0. The van der Waals surface area contributed by atoms with Gasteiger partial charge in [-0.1, -0.05) is 13.8 Å². The largest absolute Gasteiger partial charge is 0.350 e. The second kappa shape index (κ2) is 6.39. The van der Waals surface area contributed by atoms with Crippen LogP contribution in [0.25, 0.3) is 0 Å². The molecule has 1 aliphatic heterocycles. The van der Waals surface area contributed by atoms with Crippen LogP contribution >= 0.6 is 0 Å². The van der Waals surface area contributed by atoms with Crippen molar-refractivity contribution >= 4 is 5.91 Å². The lowest BCUT2D eigenvalue weighted by Crippen LogP contribution is -2.45. The van der Waals surface area contributed by atoms with Crippen molar-refractivity contribution in [3.63, 3.8) is 0 Å². The minimum atomic E-state index is -0.0152.